The molecule has 0 amide bonds. The summed E-state index contributed by atoms with van der Waals surface area (Å²) in [5, 5.41) is 3.05. The van der Waals surface area contributed by atoms with E-state index in [-0.39, 0.29) is 5.82 Å². The second-order valence-electron chi connectivity index (χ2n) is 4.52. The van der Waals surface area contributed by atoms with Crippen LogP contribution >= 0.6 is 11.3 Å². The predicted octanol–water partition coefficient (Wildman–Crippen LogP) is 4.10. The fourth-order valence-electron chi connectivity index (χ4n) is 2.39. The van der Waals surface area contributed by atoms with Gasteiger partial charge in [0.25, 0.3) is 0 Å². The zero-order valence-electron chi connectivity index (χ0n) is 11.0. The van der Waals surface area contributed by atoms with Crippen molar-refractivity contribution in [3.8, 4) is 5.75 Å². The van der Waals surface area contributed by atoms with E-state index in [2.05, 4.69) is 0 Å². The van der Waals surface area contributed by atoms with Gasteiger partial charge >= 0.3 is 0 Å². The summed E-state index contributed by atoms with van der Waals surface area (Å²) in [6.45, 7) is 0. The van der Waals surface area contributed by atoms with Crippen LogP contribution in [0.4, 0.5) is 4.39 Å². The summed E-state index contributed by atoms with van der Waals surface area (Å²) >= 11 is 1.61. The SMILES string of the molecule is COc1cccc(F)c1C(N)c1csc2ccccc12. The van der Waals surface area contributed by atoms with Crippen molar-refractivity contribution in [2.75, 3.05) is 7.11 Å². The minimum absolute atomic E-state index is 0.341. The molecule has 0 aliphatic carbocycles. The van der Waals surface area contributed by atoms with Crippen LogP contribution in [0.15, 0.2) is 47.8 Å². The number of nitrogens with two attached hydrogens (primary N) is 1. The maximum absolute atomic E-state index is 14.1. The number of hydrogen-bond acceptors (Lipinski definition) is 3. The highest BCUT2D eigenvalue weighted by molar-refractivity contribution is 7.17. The van der Waals surface area contributed by atoms with Crippen molar-refractivity contribution in [1.29, 1.82) is 0 Å². The van der Waals surface area contributed by atoms with Crippen LogP contribution in [0.3, 0.4) is 0 Å². The van der Waals surface area contributed by atoms with E-state index in [1.165, 1.54) is 13.2 Å². The molecular weight excluding hydrogens is 273 g/mol. The fraction of sp³-hybridized carbons (Fsp3) is 0.125. The van der Waals surface area contributed by atoms with Crippen molar-refractivity contribution in [3.05, 3.63) is 64.8 Å². The largest absolute Gasteiger partial charge is 0.496 e. The van der Waals surface area contributed by atoms with E-state index < -0.39 is 6.04 Å². The maximum Gasteiger partial charge on any atom is 0.132 e. The maximum atomic E-state index is 14.1. The molecule has 2 N–H and O–H groups in total. The van der Waals surface area contributed by atoms with Crippen molar-refractivity contribution in [3.63, 3.8) is 0 Å². The van der Waals surface area contributed by atoms with E-state index in [0.29, 0.717) is 11.3 Å². The van der Waals surface area contributed by atoms with Crippen molar-refractivity contribution in [1.82, 2.24) is 0 Å². The van der Waals surface area contributed by atoms with Crippen molar-refractivity contribution in [2.45, 2.75) is 6.04 Å². The highest BCUT2D eigenvalue weighted by Crippen LogP contribution is 2.36. The zero-order valence-corrected chi connectivity index (χ0v) is 11.8. The topological polar surface area (TPSA) is 35.2 Å². The molecule has 2 aromatic carbocycles. The van der Waals surface area contributed by atoms with Gasteiger partial charge in [0, 0.05) is 4.70 Å². The Morgan fingerprint density at radius 2 is 1.95 bits per heavy atom. The highest BCUT2D eigenvalue weighted by Gasteiger charge is 2.21. The summed E-state index contributed by atoms with van der Waals surface area (Å²) in [5.74, 6) is 0.139. The first kappa shape index (κ1) is 13.1. The molecule has 1 unspecified atom stereocenters. The molecule has 0 aliphatic heterocycles. The molecule has 0 bridgehead atoms. The Balaban J connectivity index is 2.16. The van der Waals surface area contributed by atoms with Crippen molar-refractivity contribution < 1.29 is 9.13 Å². The molecule has 0 radical (unpaired) electrons. The number of rotatable bonds is 3. The van der Waals surface area contributed by atoms with Crippen molar-refractivity contribution >= 4 is 21.4 Å². The minimum atomic E-state index is -0.540. The molecule has 1 aromatic heterocycles. The smallest absolute Gasteiger partial charge is 0.132 e. The summed E-state index contributed by atoms with van der Waals surface area (Å²) in [5.41, 5.74) is 7.62. The minimum Gasteiger partial charge on any atom is -0.496 e. The average molecular weight is 287 g/mol. The third-order valence-electron chi connectivity index (χ3n) is 3.39. The van der Waals surface area contributed by atoms with E-state index in [4.69, 9.17) is 10.5 Å². The Bertz CT molecular complexity index is 753. The Morgan fingerprint density at radius 3 is 2.75 bits per heavy atom. The first-order valence-electron chi connectivity index (χ1n) is 6.26. The van der Waals surface area contributed by atoms with E-state index in [1.54, 1.807) is 23.5 Å². The number of hydrogen-bond donors (Lipinski definition) is 1. The quantitative estimate of drug-likeness (QED) is 0.787. The van der Waals surface area contributed by atoms with Gasteiger partial charge in [-0.05, 0) is 34.5 Å². The Kier molecular flexibility index (Phi) is 3.42. The lowest BCUT2D eigenvalue weighted by Gasteiger charge is -2.16. The van der Waals surface area contributed by atoms with Gasteiger partial charge in [-0.2, -0.15) is 0 Å². The Labute approximate surface area is 120 Å². The third-order valence-corrected chi connectivity index (χ3v) is 4.37. The van der Waals surface area contributed by atoms with E-state index in [9.17, 15) is 4.39 Å². The highest BCUT2D eigenvalue weighted by atomic mass is 32.1. The lowest BCUT2D eigenvalue weighted by atomic mass is 9.97. The Morgan fingerprint density at radius 1 is 1.15 bits per heavy atom. The predicted molar refractivity (Wildman–Crippen MR) is 80.8 cm³/mol. The molecular formula is C16H14FNOS. The summed E-state index contributed by atoms with van der Waals surface area (Å²) in [6, 6.07) is 12.2. The van der Waals surface area contributed by atoms with Crippen LogP contribution < -0.4 is 10.5 Å². The number of fused-ring (bicyclic) bond motifs is 1. The second kappa shape index (κ2) is 5.23. The molecule has 0 fully saturated rings. The summed E-state index contributed by atoms with van der Waals surface area (Å²) in [6.07, 6.45) is 0. The van der Waals surface area contributed by atoms with Gasteiger partial charge in [-0.25, -0.2) is 4.39 Å². The molecule has 3 rings (SSSR count). The number of ether oxygens (including phenoxy) is 1. The zero-order chi connectivity index (χ0) is 14.1. The lowest BCUT2D eigenvalue weighted by molar-refractivity contribution is 0.402. The third kappa shape index (κ3) is 2.07. The molecule has 0 spiro atoms. The molecule has 102 valence electrons. The van der Waals surface area contributed by atoms with Crippen molar-refractivity contribution in [2.24, 2.45) is 5.73 Å². The summed E-state index contributed by atoms with van der Waals surface area (Å²) in [7, 11) is 1.52. The number of methoxy groups -OCH3 is 1. The van der Waals surface area contributed by atoms with Gasteiger partial charge < -0.3 is 10.5 Å². The number of thiophene rings is 1. The lowest BCUT2D eigenvalue weighted by Crippen LogP contribution is -2.14. The summed E-state index contributed by atoms with van der Waals surface area (Å²) < 4.78 is 20.5. The van der Waals surface area contributed by atoms with Crippen LogP contribution in [-0.2, 0) is 0 Å². The fourth-order valence-corrected chi connectivity index (χ4v) is 3.39. The van der Waals surface area contributed by atoms with Crippen LogP contribution in [0, 0.1) is 5.82 Å². The van der Waals surface area contributed by atoms with Gasteiger partial charge in [0.2, 0.25) is 0 Å². The standard InChI is InChI=1S/C16H14FNOS/c1-19-13-7-4-6-12(17)15(13)16(18)11-9-20-14-8-3-2-5-10(11)14/h2-9,16H,18H2,1H3. The normalized spacial score (nSPS) is 12.6. The molecule has 1 heterocycles. The second-order valence-corrected chi connectivity index (χ2v) is 5.43. The van der Waals surface area contributed by atoms with Crippen LogP contribution in [0.5, 0.6) is 5.75 Å². The monoisotopic (exact) mass is 287 g/mol. The van der Waals surface area contributed by atoms with Gasteiger partial charge in [-0.15, -0.1) is 11.3 Å². The van der Waals surface area contributed by atoms with Gasteiger partial charge in [0.15, 0.2) is 0 Å². The molecule has 0 saturated heterocycles. The first-order valence-corrected chi connectivity index (χ1v) is 7.14. The van der Waals surface area contributed by atoms with Gasteiger partial charge in [-0.1, -0.05) is 24.3 Å². The number of halogens is 1. The molecule has 3 aromatic rings. The molecule has 20 heavy (non-hydrogen) atoms. The van der Waals surface area contributed by atoms with Crippen LogP contribution in [0.1, 0.15) is 17.2 Å². The van der Waals surface area contributed by atoms with Crippen LogP contribution in [-0.4, -0.2) is 7.11 Å². The Hall–Kier alpha value is -1.91. The molecule has 1 atom stereocenters. The van der Waals surface area contributed by atoms with Gasteiger partial charge in [0.1, 0.15) is 11.6 Å². The molecule has 2 nitrogen and oxygen atoms in total. The molecule has 0 aliphatic rings. The van der Waals surface area contributed by atoms with Crippen LogP contribution in [0.2, 0.25) is 0 Å². The molecule has 4 heteroatoms. The van der Waals surface area contributed by atoms with Gasteiger partial charge in [0.05, 0.1) is 18.7 Å². The van der Waals surface area contributed by atoms with E-state index in [1.807, 2.05) is 29.6 Å². The first-order chi connectivity index (χ1) is 9.72. The number of benzene rings is 2. The van der Waals surface area contributed by atoms with Crippen LogP contribution in [0.25, 0.3) is 10.1 Å². The van der Waals surface area contributed by atoms with Gasteiger partial charge in [-0.3, -0.25) is 0 Å². The van der Waals surface area contributed by atoms with E-state index in [0.717, 1.165) is 15.6 Å². The average Bonchev–Trinajstić information content (AvgIpc) is 2.90. The molecule has 0 saturated carbocycles. The summed E-state index contributed by atoms with van der Waals surface area (Å²) in [4.78, 5) is 0. The van der Waals surface area contributed by atoms with E-state index >= 15 is 0 Å².